The van der Waals surface area contributed by atoms with Crippen molar-refractivity contribution in [3.8, 4) is 0 Å². The second kappa shape index (κ2) is 7.97. The molecule has 0 saturated heterocycles. The van der Waals surface area contributed by atoms with Crippen molar-refractivity contribution in [3.05, 3.63) is 29.3 Å². The Hall–Kier alpha value is -1.84. The van der Waals surface area contributed by atoms with Crippen LogP contribution in [0.4, 0.5) is 5.69 Å². The number of amides is 2. The molecule has 4 heteroatoms. The third kappa shape index (κ3) is 4.86. The Morgan fingerprint density at radius 3 is 2.41 bits per heavy atom. The Labute approximate surface area is 133 Å². The van der Waals surface area contributed by atoms with E-state index in [1.54, 1.807) is 13.8 Å². The molecule has 0 aliphatic carbocycles. The third-order valence-corrected chi connectivity index (χ3v) is 3.84. The number of hydrogen-bond acceptors (Lipinski definition) is 2. The van der Waals surface area contributed by atoms with Crippen LogP contribution in [-0.4, -0.2) is 18.4 Å². The first-order chi connectivity index (χ1) is 10.3. The summed E-state index contributed by atoms with van der Waals surface area (Å²) in [6.07, 6.45) is 3.12. The summed E-state index contributed by atoms with van der Waals surface area (Å²) in [5.74, 6) is -0.513. The maximum Gasteiger partial charge on any atom is 0.239 e. The van der Waals surface area contributed by atoms with Gasteiger partial charge in [-0.2, -0.15) is 0 Å². The largest absolute Gasteiger partial charge is 0.355 e. The number of nitrogens with one attached hydrogen (secondary N) is 2. The molecule has 0 heterocycles. The van der Waals surface area contributed by atoms with E-state index in [1.165, 1.54) is 0 Å². The first-order valence-electron chi connectivity index (χ1n) is 7.96. The molecule has 0 saturated carbocycles. The summed E-state index contributed by atoms with van der Waals surface area (Å²) in [7, 11) is 0. The highest BCUT2D eigenvalue weighted by Crippen LogP contribution is 2.22. The van der Waals surface area contributed by atoms with Crippen LogP contribution < -0.4 is 10.6 Å². The van der Waals surface area contributed by atoms with E-state index in [4.69, 9.17) is 0 Å². The van der Waals surface area contributed by atoms with E-state index in [1.807, 2.05) is 32.0 Å². The zero-order valence-corrected chi connectivity index (χ0v) is 14.4. The predicted octanol–water partition coefficient (Wildman–Crippen LogP) is 3.57. The molecule has 0 fully saturated rings. The summed E-state index contributed by atoms with van der Waals surface area (Å²) in [5.41, 5.74) is 1.72. The standard InChI is InChI=1S/C18H28N2O2/c1-6-7-8-11-19-16(21)18(4,5)17(22)20-15-12-13(2)9-10-14(15)3/h9-10,12H,6-8,11H2,1-5H3,(H,19,21)(H,20,22). The molecule has 1 rings (SSSR count). The molecule has 22 heavy (non-hydrogen) atoms. The molecule has 0 aliphatic rings. The van der Waals surface area contributed by atoms with Crippen molar-refractivity contribution in [2.45, 2.75) is 53.9 Å². The number of carbonyl (C=O) groups is 2. The number of benzene rings is 1. The van der Waals surface area contributed by atoms with Crippen LogP contribution in [-0.2, 0) is 9.59 Å². The first kappa shape index (κ1) is 18.2. The fraction of sp³-hybridized carbons (Fsp3) is 0.556. The molecule has 0 unspecified atom stereocenters. The molecule has 0 spiro atoms. The molecule has 4 nitrogen and oxygen atoms in total. The van der Waals surface area contributed by atoms with Gasteiger partial charge in [0.15, 0.2) is 0 Å². The summed E-state index contributed by atoms with van der Waals surface area (Å²) in [6.45, 7) is 9.95. The second-order valence-electron chi connectivity index (χ2n) is 6.36. The fourth-order valence-corrected chi connectivity index (χ4v) is 2.05. The van der Waals surface area contributed by atoms with Crippen LogP contribution >= 0.6 is 0 Å². The highest BCUT2D eigenvalue weighted by Gasteiger charge is 2.36. The summed E-state index contributed by atoms with van der Waals surface area (Å²) in [4.78, 5) is 24.7. The van der Waals surface area contributed by atoms with Gasteiger partial charge >= 0.3 is 0 Å². The van der Waals surface area contributed by atoms with E-state index in [0.29, 0.717) is 6.54 Å². The fourth-order valence-electron chi connectivity index (χ4n) is 2.05. The lowest BCUT2D eigenvalue weighted by Crippen LogP contribution is -2.45. The van der Waals surface area contributed by atoms with Crippen LogP contribution in [0.15, 0.2) is 18.2 Å². The molecule has 0 bridgehead atoms. The zero-order chi connectivity index (χ0) is 16.8. The zero-order valence-electron chi connectivity index (χ0n) is 14.4. The molecule has 0 aromatic heterocycles. The van der Waals surface area contributed by atoms with Gasteiger partial charge in [0.25, 0.3) is 0 Å². The summed E-state index contributed by atoms with van der Waals surface area (Å²) >= 11 is 0. The normalized spacial score (nSPS) is 11.1. The maximum atomic E-state index is 12.5. The lowest BCUT2D eigenvalue weighted by Gasteiger charge is -2.23. The van der Waals surface area contributed by atoms with Crippen molar-refractivity contribution in [2.75, 3.05) is 11.9 Å². The highest BCUT2D eigenvalue weighted by molar-refractivity contribution is 6.10. The predicted molar refractivity (Wildman–Crippen MR) is 90.9 cm³/mol. The number of carbonyl (C=O) groups excluding carboxylic acids is 2. The van der Waals surface area contributed by atoms with Gasteiger partial charge in [-0.05, 0) is 51.3 Å². The summed E-state index contributed by atoms with van der Waals surface area (Å²) in [6, 6.07) is 5.88. The van der Waals surface area contributed by atoms with Crippen molar-refractivity contribution >= 4 is 17.5 Å². The molecular formula is C18H28N2O2. The van der Waals surface area contributed by atoms with Gasteiger partial charge in [0.1, 0.15) is 5.41 Å². The Kier molecular flexibility index (Phi) is 6.60. The third-order valence-electron chi connectivity index (χ3n) is 3.84. The van der Waals surface area contributed by atoms with E-state index < -0.39 is 5.41 Å². The maximum absolute atomic E-state index is 12.5. The quantitative estimate of drug-likeness (QED) is 0.597. The number of rotatable bonds is 7. The lowest BCUT2D eigenvalue weighted by molar-refractivity contribution is -0.138. The average molecular weight is 304 g/mol. The lowest BCUT2D eigenvalue weighted by atomic mass is 9.90. The minimum absolute atomic E-state index is 0.230. The number of hydrogen-bond donors (Lipinski definition) is 2. The Bertz CT molecular complexity index is 536. The number of anilines is 1. The highest BCUT2D eigenvalue weighted by atomic mass is 16.2. The molecule has 1 aromatic rings. The number of unbranched alkanes of at least 4 members (excludes halogenated alkanes) is 2. The van der Waals surface area contributed by atoms with Gasteiger partial charge in [-0.1, -0.05) is 31.9 Å². The van der Waals surface area contributed by atoms with Crippen molar-refractivity contribution in [1.29, 1.82) is 0 Å². The topological polar surface area (TPSA) is 58.2 Å². The Morgan fingerprint density at radius 1 is 1.09 bits per heavy atom. The van der Waals surface area contributed by atoms with Crippen molar-refractivity contribution < 1.29 is 9.59 Å². The van der Waals surface area contributed by atoms with Crippen molar-refractivity contribution in [2.24, 2.45) is 5.41 Å². The summed E-state index contributed by atoms with van der Waals surface area (Å²) < 4.78 is 0. The van der Waals surface area contributed by atoms with Crippen LogP contribution in [0.2, 0.25) is 0 Å². The monoisotopic (exact) mass is 304 g/mol. The number of aryl methyl sites for hydroxylation is 2. The van der Waals surface area contributed by atoms with Gasteiger partial charge < -0.3 is 10.6 Å². The average Bonchev–Trinajstić information content (AvgIpc) is 2.47. The molecule has 2 N–H and O–H groups in total. The van der Waals surface area contributed by atoms with Crippen LogP contribution in [0.1, 0.15) is 51.2 Å². The molecule has 0 radical (unpaired) electrons. The van der Waals surface area contributed by atoms with Gasteiger partial charge in [0.05, 0.1) is 0 Å². The minimum atomic E-state index is -1.09. The second-order valence-corrected chi connectivity index (χ2v) is 6.36. The van der Waals surface area contributed by atoms with E-state index in [0.717, 1.165) is 36.1 Å². The van der Waals surface area contributed by atoms with Gasteiger partial charge in [-0.25, -0.2) is 0 Å². The van der Waals surface area contributed by atoms with E-state index in [2.05, 4.69) is 17.6 Å². The molecule has 2 amide bonds. The van der Waals surface area contributed by atoms with Crippen LogP contribution in [0.5, 0.6) is 0 Å². The van der Waals surface area contributed by atoms with Gasteiger partial charge in [-0.15, -0.1) is 0 Å². The summed E-state index contributed by atoms with van der Waals surface area (Å²) in [5, 5.41) is 5.72. The van der Waals surface area contributed by atoms with E-state index in [9.17, 15) is 9.59 Å². The molecule has 122 valence electrons. The smallest absolute Gasteiger partial charge is 0.239 e. The molecular weight excluding hydrogens is 276 g/mol. The van der Waals surface area contributed by atoms with Crippen LogP contribution in [0.25, 0.3) is 0 Å². The van der Waals surface area contributed by atoms with Gasteiger partial charge in [0, 0.05) is 12.2 Å². The van der Waals surface area contributed by atoms with E-state index >= 15 is 0 Å². The molecule has 0 atom stereocenters. The van der Waals surface area contributed by atoms with Crippen molar-refractivity contribution in [1.82, 2.24) is 5.32 Å². The molecule has 1 aromatic carbocycles. The molecule has 0 aliphatic heterocycles. The Balaban J connectivity index is 2.69. The Morgan fingerprint density at radius 2 is 1.77 bits per heavy atom. The van der Waals surface area contributed by atoms with E-state index in [-0.39, 0.29) is 11.8 Å². The minimum Gasteiger partial charge on any atom is -0.355 e. The van der Waals surface area contributed by atoms with Gasteiger partial charge in [0.2, 0.25) is 11.8 Å². The first-order valence-corrected chi connectivity index (χ1v) is 7.96. The van der Waals surface area contributed by atoms with Crippen LogP contribution in [0, 0.1) is 19.3 Å². The SMILES string of the molecule is CCCCCNC(=O)C(C)(C)C(=O)Nc1cc(C)ccc1C. The van der Waals surface area contributed by atoms with Crippen molar-refractivity contribution in [3.63, 3.8) is 0 Å². The van der Waals surface area contributed by atoms with Gasteiger partial charge in [-0.3, -0.25) is 9.59 Å². The van der Waals surface area contributed by atoms with Crippen LogP contribution in [0.3, 0.4) is 0 Å².